The number of rotatable bonds is 9. The summed E-state index contributed by atoms with van der Waals surface area (Å²) in [7, 11) is -6.28. The first kappa shape index (κ1) is 31.5. The molecule has 1 amide bonds. The Kier molecular flexibility index (Phi) is 9.31. The molecule has 0 aromatic heterocycles. The molecule has 42 heavy (non-hydrogen) atoms. The molecule has 1 aliphatic heterocycles. The van der Waals surface area contributed by atoms with E-state index in [0.29, 0.717) is 0 Å². The molecule has 2 N–H and O–H groups in total. The lowest BCUT2D eigenvalue weighted by Crippen LogP contribution is -2.50. The second kappa shape index (κ2) is 12.4. The van der Waals surface area contributed by atoms with Gasteiger partial charge in [-0.1, -0.05) is 42.3 Å². The van der Waals surface area contributed by atoms with Gasteiger partial charge in [-0.15, -0.1) is 0 Å². The third-order valence-electron chi connectivity index (χ3n) is 7.41. The van der Waals surface area contributed by atoms with Crippen LogP contribution in [0.5, 0.6) is 5.75 Å². The van der Waals surface area contributed by atoms with E-state index in [2.05, 4.69) is 4.72 Å². The Bertz CT molecular complexity index is 1640. The number of nitrogens with zero attached hydrogens (tertiary/aromatic N) is 2. The molecular weight excluding hydrogens is 578 g/mol. The third kappa shape index (κ3) is 6.78. The zero-order valence-corrected chi connectivity index (χ0v) is 25.9. The number of ether oxygens (including phenoxy) is 1. The molecule has 4 rings (SSSR count). The normalized spacial score (nSPS) is 18.5. The zero-order chi connectivity index (χ0) is 30.8. The summed E-state index contributed by atoms with van der Waals surface area (Å²) in [6.07, 6.45) is -0.662. The molecule has 0 spiro atoms. The van der Waals surface area contributed by atoms with E-state index in [-0.39, 0.29) is 52.4 Å². The molecule has 1 heterocycles. The summed E-state index contributed by atoms with van der Waals surface area (Å²) < 4.78 is 62.7. The molecule has 0 fully saturated rings. The third-order valence-corrected chi connectivity index (χ3v) is 10.6. The van der Waals surface area contributed by atoms with Crippen LogP contribution in [0.4, 0.5) is 5.69 Å². The maximum Gasteiger partial charge on any atom is 0.261 e. The van der Waals surface area contributed by atoms with E-state index >= 15 is 0 Å². The lowest BCUT2D eigenvalue weighted by atomic mass is 9.99. The van der Waals surface area contributed by atoms with E-state index in [1.807, 2.05) is 20.8 Å². The van der Waals surface area contributed by atoms with Crippen molar-refractivity contribution in [2.24, 2.45) is 5.92 Å². The van der Waals surface area contributed by atoms with Gasteiger partial charge in [0.1, 0.15) is 11.9 Å². The van der Waals surface area contributed by atoms with Gasteiger partial charge in [0.2, 0.25) is 10.0 Å². The molecule has 226 valence electrons. The highest BCUT2D eigenvalue weighted by atomic mass is 32.2. The fraction of sp³-hybridized carbons (Fsp3) is 0.367. The van der Waals surface area contributed by atoms with Crippen molar-refractivity contribution in [1.29, 1.82) is 0 Å². The number of hydrogen-bond donors (Lipinski definition) is 2. The first-order valence-corrected chi connectivity index (χ1v) is 16.5. The molecule has 3 atom stereocenters. The number of carbonyl (C=O) groups excluding carboxylic acids is 1. The molecule has 0 radical (unpaired) electrons. The largest absolute Gasteiger partial charge is 0.488 e. The average molecular weight is 616 g/mol. The number of sulfonamides is 2. The Morgan fingerprint density at radius 3 is 2.12 bits per heavy atom. The van der Waals surface area contributed by atoms with Gasteiger partial charge in [-0.2, -0.15) is 4.31 Å². The summed E-state index contributed by atoms with van der Waals surface area (Å²) in [6, 6.07) is 16.8. The Morgan fingerprint density at radius 1 is 0.976 bits per heavy atom. The van der Waals surface area contributed by atoms with Crippen LogP contribution >= 0.6 is 0 Å². The highest BCUT2D eigenvalue weighted by molar-refractivity contribution is 7.92. The van der Waals surface area contributed by atoms with Crippen LogP contribution in [-0.4, -0.2) is 75.9 Å². The maximum absolute atomic E-state index is 13.7. The molecule has 3 aromatic rings. The second-order valence-electron chi connectivity index (χ2n) is 10.9. The summed E-state index contributed by atoms with van der Waals surface area (Å²) >= 11 is 0. The van der Waals surface area contributed by atoms with Crippen LogP contribution in [0, 0.1) is 19.8 Å². The number of fused-ring (bicyclic) bond motifs is 1. The van der Waals surface area contributed by atoms with Crippen LogP contribution in [0.15, 0.2) is 76.5 Å². The maximum atomic E-state index is 13.7. The summed E-state index contributed by atoms with van der Waals surface area (Å²) in [4.78, 5) is 15.5. The predicted octanol–water partition coefficient (Wildman–Crippen LogP) is 3.65. The number of carbonyl (C=O) groups is 1. The van der Waals surface area contributed by atoms with Gasteiger partial charge in [-0.25, -0.2) is 16.8 Å². The van der Waals surface area contributed by atoms with Crippen LogP contribution in [0.2, 0.25) is 0 Å². The summed E-state index contributed by atoms with van der Waals surface area (Å²) in [5, 5.41) is 9.91. The van der Waals surface area contributed by atoms with E-state index in [4.69, 9.17) is 4.74 Å². The van der Waals surface area contributed by atoms with Crippen molar-refractivity contribution in [3.63, 3.8) is 0 Å². The van der Waals surface area contributed by atoms with Gasteiger partial charge in [0.15, 0.2) is 0 Å². The highest BCUT2D eigenvalue weighted by Crippen LogP contribution is 2.32. The number of aryl methyl sites for hydroxylation is 2. The zero-order valence-electron chi connectivity index (χ0n) is 24.3. The van der Waals surface area contributed by atoms with Crippen LogP contribution in [0.1, 0.15) is 35.3 Å². The van der Waals surface area contributed by atoms with Gasteiger partial charge in [0.05, 0.1) is 34.5 Å². The summed E-state index contributed by atoms with van der Waals surface area (Å²) in [5.74, 6) is -0.563. The first-order valence-electron chi connectivity index (χ1n) is 13.6. The van der Waals surface area contributed by atoms with Crippen LogP contribution in [0.25, 0.3) is 0 Å². The van der Waals surface area contributed by atoms with Crippen molar-refractivity contribution >= 4 is 31.6 Å². The van der Waals surface area contributed by atoms with E-state index in [1.165, 1.54) is 46.6 Å². The Morgan fingerprint density at radius 2 is 1.55 bits per heavy atom. The number of benzene rings is 3. The highest BCUT2D eigenvalue weighted by Gasteiger charge is 2.35. The van der Waals surface area contributed by atoms with Gasteiger partial charge in [-0.05, 0) is 63.2 Å². The van der Waals surface area contributed by atoms with Crippen molar-refractivity contribution in [3.8, 4) is 5.75 Å². The van der Waals surface area contributed by atoms with Crippen molar-refractivity contribution in [3.05, 3.63) is 83.4 Å². The molecule has 0 aliphatic carbocycles. The first-order chi connectivity index (χ1) is 19.7. The molecule has 12 heteroatoms. The van der Waals surface area contributed by atoms with E-state index in [9.17, 15) is 26.7 Å². The van der Waals surface area contributed by atoms with Crippen molar-refractivity contribution in [2.75, 3.05) is 31.5 Å². The summed E-state index contributed by atoms with van der Waals surface area (Å²) in [5.41, 5.74) is 2.11. The quantitative estimate of drug-likeness (QED) is 0.376. The lowest BCUT2D eigenvalue weighted by Gasteiger charge is -2.38. The molecule has 0 saturated heterocycles. The molecule has 0 unspecified atom stereocenters. The number of aliphatic hydroxyl groups is 1. The Labute approximate surface area is 248 Å². The monoisotopic (exact) mass is 615 g/mol. The minimum atomic E-state index is -3.93. The van der Waals surface area contributed by atoms with E-state index in [0.717, 1.165) is 11.1 Å². The number of amides is 1. The van der Waals surface area contributed by atoms with Crippen molar-refractivity contribution in [2.45, 2.75) is 49.6 Å². The van der Waals surface area contributed by atoms with Gasteiger partial charge in [-0.3, -0.25) is 9.52 Å². The minimum Gasteiger partial charge on any atom is -0.488 e. The Hall–Kier alpha value is -3.45. The smallest absolute Gasteiger partial charge is 0.261 e. The van der Waals surface area contributed by atoms with Crippen molar-refractivity contribution < 1.29 is 31.5 Å². The van der Waals surface area contributed by atoms with Gasteiger partial charge >= 0.3 is 0 Å². The fourth-order valence-corrected chi connectivity index (χ4v) is 6.91. The fourth-order valence-electron chi connectivity index (χ4n) is 4.68. The average Bonchev–Trinajstić information content (AvgIpc) is 2.95. The molecule has 3 aromatic carbocycles. The van der Waals surface area contributed by atoms with Crippen LogP contribution < -0.4 is 9.46 Å². The van der Waals surface area contributed by atoms with Gasteiger partial charge in [0.25, 0.3) is 15.9 Å². The number of anilines is 1. The minimum absolute atomic E-state index is 0.00580. The molecule has 10 nitrogen and oxygen atoms in total. The standard InChI is InChI=1S/C30H37N3O7S2/c1-20-6-11-25(12-7-20)41(36,37)31-24-10-15-28-27(16-24)30(35)33(23(4)19-34)17-22(3)29(40-28)18-32(5)42(38,39)26-13-8-21(2)9-14-26/h6-16,22-23,29,31,34H,17-19H2,1-5H3/t22-,23+,29+/m0/s1. The van der Waals surface area contributed by atoms with E-state index < -0.39 is 38.1 Å². The second-order valence-corrected chi connectivity index (χ2v) is 14.6. The van der Waals surface area contributed by atoms with E-state index in [1.54, 1.807) is 43.3 Å². The topological polar surface area (TPSA) is 133 Å². The number of hydrogen-bond acceptors (Lipinski definition) is 7. The summed E-state index contributed by atoms with van der Waals surface area (Å²) in [6.45, 7) is 7.18. The number of aliphatic hydroxyl groups excluding tert-OH is 1. The number of likely N-dealkylation sites (N-methyl/N-ethyl adjacent to an activating group) is 1. The predicted molar refractivity (Wildman–Crippen MR) is 161 cm³/mol. The van der Waals surface area contributed by atoms with Gasteiger partial charge < -0.3 is 14.7 Å². The van der Waals surface area contributed by atoms with Gasteiger partial charge in [0, 0.05) is 25.2 Å². The molecule has 0 saturated carbocycles. The van der Waals surface area contributed by atoms with Crippen LogP contribution in [-0.2, 0) is 20.0 Å². The molecular formula is C30H37N3O7S2. The SMILES string of the molecule is Cc1ccc(S(=O)(=O)Nc2ccc3c(c2)C(=O)N([C@H](C)CO)C[C@H](C)[C@@H](CN(C)S(=O)(=O)c2ccc(C)cc2)O3)cc1. The van der Waals surface area contributed by atoms with Crippen LogP contribution in [0.3, 0.4) is 0 Å². The number of nitrogens with one attached hydrogen (secondary N) is 1. The molecule has 1 aliphatic rings. The molecule has 0 bridgehead atoms. The lowest BCUT2D eigenvalue weighted by molar-refractivity contribution is 0.0387. The Balaban J connectivity index is 1.68. The van der Waals surface area contributed by atoms with Crippen molar-refractivity contribution in [1.82, 2.24) is 9.21 Å².